The summed E-state index contributed by atoms with van der Waals surface area (Å²) in [6, 6.07) is 37.4. The van der Waals surface area contributed by atoms with Crippen LogP contribution in [0.2, 0.25) is 0 Å². The van der Waals surface area contributed by atoms with Crippen LogP contribution in [0.4, 0.5) is 0 Å². The van der Waals surface area contributed by atoms with Crippen LogP contribution in [-0.4, -0.2) is 3.21 Å². The van der Waals surface area contributed by atoms with Gasteiger partial charge >= 0.3 is 275 Å². The van der Waals surface area contributed by atoms with E-state index in [0.717, 1.165) is 0 Å². The van der Waals surface area contributed by atoms with E-state index in [1.165, 1.54) is 78.3 Å². The van der Waals surface area contributed by atoms with Gasteiger partial charge in [-0.2, -0.15) is 0 Å². The largest absolute Gasteiger partial charge is 1.00 e. The van der Waals surface area contributed by atoms with Crippen molar-refractivity contribution < 1.29 is 46.1 Å². The summed E-state index contributed by atoms with van der Waals surface area (Å²) in [5, 5.41) is 0. The summed E-state index contributed by atoms with van der Waals surface area (Å²) < 4.78 is 4.38. The van der Waals surface area contributed by atoms with Gasteiger partial charge in [-0.05, 0) is 0 Å². The summed E-state index contributed by atoms with van der Waals surface area (Å²) in [7, 11) is 0. The third-order valence-corrected chi connectivity index (χ3v) is 19.6. The Bertz CT molecular complexity index is 1670. The van der Waals surface area contributed by atoms with Gasteiger partial charge in [0.2, 0.25) is 0 Å². The van der Waals surface area contributed by atoms with Crippen molar-refractivity contribution in [2.75, 3.05) is 0 Å². The zero-order valence-electron chi connectivity index (χ0n) is 27.8. The number of rotatable bonds is 6. The number of hydrogen-bond acceptors (Lipinski definition) is 0. The normalized spacial score (nSPS) is 15.9. The van der Waals surface area contributed by atoms with Crippen LogP contribution in [0.25, 0.3) is 11.1 Å². The van der Waals surface area contributed by atoms with Gasteiger partial charge in [-0.15, -0.1) is 0 Å². The van der Waals surface area contributed by atoms with Gasteiger partial charge in [0.25, 0.3) is 0 Å². The molecule has 1 fully saturated rings. The molecule has 3 aliphatic carbocycles. The molecule has 4 aromatic rings. The van der Waals surface area contributed by atoms with Crippen molar-refractivity contribution in [3.63, 3.8) is 0 Å². The van der Waals surface area contributed by atoms with Crippen molar-refractivity contribution in [1.82, 2.24) is 0 Å². The van der Waals surface area contributed by atoms with Crippen LogP contribution >= 0.6 is 0 Å². The van der Waals surface area contributed by atoms with Gasteiger partial charge in [-0.3, -0.25) is 0 Å². The van der Waals surface area contributed by atoms with Crippen molar-refractivity contribution in [3.8, 4) is 11.1 Å². The van der Waals surface area contributed by atoms with Crippen LogP contribution in [0.5, 0.6) is 0 Å². The molecular formula is C43H46Cl2Zr. The molecule has 7 rings (SSSR count). The van der Waals surface area contributed by atoms with Crippen molar-refractivity contribution in [1.29, 1.82) is 0 Å². The number of hydrogen-bond donors (Lipinski definition) is 0. The second-order valence-electron chi connectivity index (χ2n) is 14.3. The molecule has 0 nitrogen and oxygen atoms in total. The first-order chi connectivity index (χ1) is 21.4. The van der Waals surface area contributed by atoms with Crippen molar-refractivity contribution in [2.24, 2.45) is 0 Å². The predicted octanol–water partition coefficient (Wildman–Crippen LogP) is 5.40. The minimum Gasteiger partial charge on any atom is -1.00 e. The molecule has 0 aliphatic heterocycles. The average molecular weight is 725 g/mol. The second-order valence-corrected chi connectivity index (χ2v) is 21.0. The van der Waals surface area contributed by atoms with E-state index >= 15 is 0 Å². The van der Waals surface area contributed by atoms with E-state index in [1.54, 1.807) is 11.1 Å². The molecule has 0 unspecified atom stereocenters. The number of halogens is 2. The van der Waals surface area contributed by atoms with E-state index in [4.69, 9.17) is 0 Å². The van der Waals surface area contributed by atoms with Gasteiger partial charge in [0.05, 0.1) is 0 Å². The Balaban J connectivity index is 0.00000208. The van der Waals surface area contributed by atoms with Crippen LogP contribution in [0.1, 0.15) is 110 Å². The van der Waals surface area contributed by atoms with E-state index in [9.17, 15) is 0 Å². The smallest absolute Gasteiger partial charge is 1.00 e. The summed E-state index contributed by atoms with van der Waals surface area (Å²) in [6.45, 7) is 9.57. The molecule has 236 valence electrons. The van der Waals surface area contributed by atoms with E-state index in [1.807, 2.05) is 6.49 Å². The molecule has 4 aromatic carbocycles. The molecule has 0 N–H and O–H groups in total. The van der Waals surface area contributed by atoms with Gasteiger partial charge in [0.1, 0.15) is 0 Å². The van der Waals surface area contributed by atoms with Crippen molar-refractivity contribution in [2.45, 2.75) is 87.1 Å². The van der Waals surface area contributed by atoms with Gasteiger partial charge in [-0.1, -0.05) is 0 Å². The molecule has 0 amide bonds. The quantitative estimate of drug-likeness (QED) is 0.234. The van der Waals surface area contributed by atoms with Crippen LogP contribution in [-0.2, 0) is 32.1 Å². The number of allylic oxidation sites excluding steroid dienone is 4. The fraction of sp³-hybridized carbons (Fsp3) is 0.326. The molecular weight excluding hydrogens is 679 g/mol. The Kier molecular flexibility index (Phi) is 11.0. The monoisotopic (exact) mass is 722 g/mol. The average Bonchev–Trinajstić information content (AvgIpc) is 3.60. The Morgan fingerprint density at radius 1 is 0.565 bits per heavy atom. The summed E-state index contributed by atoms with van der Waals surface area (Å²) in [6.07, 6.45) is 16.8. The van der Waals surface area contributed by atoms with Gasteiger partial charge in [0, 0.05) is 0 Å². The molecule has 0 heterocycles. The van der Waals surface area contributed by atoms with Crippen molar-refractivity contribution >= 4 is 3.21 Å². The first-order valence-electron chi connectivity index (χ1n) is 16.8. The summed E-state index contributed by atoms with van der Waals surface area (Å²) in [4.78, 5) is 0. The maximum absolute atomic E-state index is 2.58. The Hall–Kier alpha value is -2.31. The molecule has 46 heavy (non-hydrogen) atoms. The van der Waals surface area contributed by atoms with E-state index < -0.39 is 21.3 Å². The van der Waals surface area contributed by atoms with Crippen LogP contribution in [0, 0.1) is 0 Å². The van der Waals surface area contributed by atoms with Gasteiger partial charge < -0.3 is 24.8 Å². The van der Waals surface area contributed by atoms with E-state index in [0.29, 0.717) is 3.63 Å². The minimum absolute atomic E-state index is 0. The topological polar surface area (TPSA) is 0 Å². The third kappa shape index (κ3) is 6.42. The number of benzene rings is 4. The Labute approximate surface area is 297 Å². The van der Waals surface area contributed by atoms with Gasteiger partial charge in [0.15, 0.2) is 0 Å². The maximum atomic E-state index is 2.58. The maximum Gasteiger partial charge on any atom is -1.00 e. The van der Waals surface area contributed by atoms with E-state index in [2.05, 4.69) is 143 Å². The summed E-state index contributed by atoms with van der Waals surface area (Å²) >= 11 is -2.24. The molecule has 0 radical (unpaired) electrons. The van der Waals surface area contributed by atoms with Crippen molar-refractivity contribution in [3.05, 3.63) is 152 Å². The summed E-state index contributed by atoms with van der Waals surface area (Å²) in [5.74, 6) is 0. The fourth-order valence-electron chi connectivity index (χ4n) is 8.07. The second kappa shape index (κ2) is 14.4. The minimum atomic E-state index is -2.24. The van der Waals surface area contributed by atoms with E-state index in [-0.39, 0.29) is 35.6 Å². The number of fused-ring (bicyclic) bond motifs is 3. The zero-order chi connectivity index (χ0) is 30.3. The first kappa shape index (κ1) is 35.0. The standard InChI is InChI=1S/C31H29.C7H12.C5H5.2ClH.Zr/c1-30(2,24-11-7-5-8-12-24)26-17-15-22-19-23-16-18-27(21-29(23)28(22)20-26)31(3,4)25-13-9-6-10-14-25;1-2-4-6-7-5-3-1;1-2-4-5-3-1;;;/h5-21H,1-4H3;1-6H2;1-3H,4H2;2*1H;/q;;;;;+2/p-2. The molecule has 0 atom stereocenters. The molecule has 0 aromatic heterocycles. The SMILES string of the molecule is CC(C)(c1ccccc1)c1ccc2c(c1)-c1cc(C(C)(C)c3ccccc3)ccc1[CH]2[Zr+2]([C]1=CC=CC1)=[C]1CCCCCC1.[Cl-].[Cl-]. The fourth-order valence-corrected chi connectivity index (χ4v) is 17.6. The Morgan fingerprint density at radius 3 is 1.48 bits per heavy atom. The summed E-state index contributed by atoms with van der Waals surface area (Å²) in [5.41, 5.74) is 11.7. The Morgan fingerprint density at radius 2 is 1.04 bits per heavy atom. The van der Waals surface area contributed by atoms with Gasteiger partial charge in [-0.25, -0.2) is 0 Å². The van der Waals surface area contributed by atoms with Crippen LogP contribution in [0.3, 0.4) is 0 Å². The molecule has 3 aliphatic rings. The predicted molar refractivity (Wildman–Crippen MR) is 185 cm³/mol. The van der Waals surface area contributed by atoms with Crippen LogP contribution in [0.15, 0.2) is 119 Å². The zero-order valence-corrected chi connectivity index (χ0v) is 31.7. The molecule has 0 spiro atoms. The molecule has 3 heteroatoms. The third-order valence-electron chi connectivity index (χ3n) is 10.9. The first-order valence-corrected chi connectivity index (χ1v) is 20.7. The van der Waals surface area contributed by atoms with Crippen LogP contribution < -0.4 is 24.8 Å². The molecule has 1 saturated carbocycles. The molecule has 0 saturated heterocycles. The molecule has 0 bridgehead atoms.